The Labute approximate surface area is 219 Å². The molecule has 0 aromatic carbocycles. The fourth-order valence-electron chi connectivity index (χ4n) is 3.84. The quantitative estimate of drug-likeness (QED) is 0.399. The van der Waals surface area contributed by atoms with Crippen molar-refractivity contribution in [3.8, 4) is 0 Å². The number of carbonyl (C=O) groups excluding carboxylic acids is 2. The lowest BCUT2D eigenvalue weighted by molar-refractivity contribution is -0.137. The highest BCUT2D eigenvalue weighted by molar-refractivity contribution is 7.13. The summed E-state index contributed by atoms with van der Waals surface area (Å²) in [6.07, 6.45) is 1.67. The number of anilines is 1. The lowest BCUT2D eigenvalue weighted by Crippen LogP contribution is -2.29. The number of aromatic nitrogens is 4. The van der Waals surface area contributed by atoms with E-state index < -0.39 is 34.6 Å². The van der Waals surface area contributed by atoms with Crippen molar-refractivity contribution in [3.05, 3.63) is 62.7 Å². The van der Waals surface area contributed by atoms with Crippen LogP contribution in [0, 0.1) is 5.92 Å². The summed E-state index contributed by atoms with van der Waals surface area (Å²) in [5.74, 6) is -0.896. The molecule has 1 aliphatic rings. The molecule has 0 bridgehead atoms. The van der Waals surface area contributed by atoms with Gasteiger partial charge >= 0.3 is 6.18 Å². The van der Waals surface area contributed by atoms with Crippen molar-refractivity contribution in [2.75, 3.05) is 18.4 Å². The number of nitrogens with zero attached hydrogens (tertiary/aromatic N) is 4. The highest BCUT2D eigenvalue weighted by Crippen LogP contribution is 2.35. The number of carbonyl (C=O) groups is 2. The highest BCUT2D eigenvalue weighted by atomic mass is 35.5. The molecule has 1 unspecified atom stereocenters. The molecule has 1 atom stereocenters. The number of piperidine rings is 1. The molecule has 4 rings (SSSR count). The van der Waals surface area contributed by atoms with Crippen molar-refractivity contribution < 1.29 is 22.8 Å². The molecule has 0 aliphatic carbocycles. The van der Waals surface area contributed by atoms with Gasteiger partial charge in [-0.3, -0.25) is 9.59 Å². The Hall–Kier alpha value is -3.16. The van der Waals surface area contributed by atoms with Crippen molar-refractivity contribution in [3.63, 3.8) is 0 Å². The number of hydrogen-bond donors (Lipinski definition) is 3. The van der Waals surface area contributed by atoms with Gasteiger partial charge in [-0.15, -0.1) is 11.3 Å². The van der Waals surface area contributed by atoms with Gasteiger partial charge in [0, 0.05) is 11.9 Å². The summed E-state index contributed by atoms with van der Waals surface area (Å²) >= 11 is 6.56. The summed E-state index contributed by atoms with van der Waals surface area (Å²) in [7, 11) is 0. The molecule has 3 aromatic rings. The van der Waals surface area contributed by atoms with Crippen molar-refractivity contribution in [1.29, 1.82) is 0 Å². The van der Waals surface area contributed by atoms with Crippen molar-refractivity contribution >= 4 is 40.6 Å². The number of alkyl halides is 3. The number of thiazole rings is 1. The van der Waals surface area contributed by atoms with E-state index in [9.17, 15) is 22.8 Å². The topological polar surface area (TPSA) is 122 Å². The largest absolute Gasteiger partial charge is 0.418 e. The summed E-state index contributed by atoms with van der Waals surface area (Å²) in [5.41, 5.74) is -0.0728. The average Bonchev–Trinajstić information content (AvgIpc) is 3.36. The van der Waals surface area contributed by atoms with Crippen LogP contribution in [-0.2, 0) is 12.6 Å². The third kappa shape index (κ3) is 6.99. The second kappa shape index (κ2) is 11.5. The maximum absolute atomic E-state index is 13.1. The van der Waals surface area contributed by atoms with Gasteiger partial charge < -0.3 is 16.0 Å². The summed E-state index contributed by atoms with van der Waals surface area (Å²) < 4.78 is 39.2. The third-order valence-electron chi connectivity index (χ3n) is 5.78. The van der Waals surface area contributed by atoms with Crippen LogP contribution in [0.3, 0.4) is 0 Å². The fraction of sp³-hybridized carbons (Fsp3) is 0.391. The van der Waals surface area contributed by atoms with Gasteiger partial charge in [0.15, 0.2) is 0 Å². The van der Waals surface area contributed by atoms with Gasteiger partial charge in [0.1, 0.15) is 27.7 Å². The fourth-order valence-corrected chi connectivity index (χ4v) is 4.87. The molecule has 0 saturated carbocycles. The maximum Gasteiger partial charge on any atom is 0.418 e. The van der Waals surface area contributed by atoms with E-state index in [0.29, 0.717) is 17.0 Å². The standard InChI is InChI=1S/C23H23ClF3N7O2S/c1-12(33-20(35)17-7-14(31-11-32-17)6-13-2-4-28-5-3-13)22-30-10-18(37-22)21(36)34-19-8-15(23(25,26)27)16(24)9-29-19/h7-13,28H,2-6H2,1H3,(H,33,35)(H,29,34,36). The number of nitrogens with one attached hydrogen (secondary N) is 3. The molecule has 2 amide bonds. The molecular formula is C23H23ClF3N7O2S. The van der Waals surface area contributed by atoms with E-state index in [4.69, 9.17) is 11.6 Å². The molecule has 3 N–H and O–H groups in total. The van der Waals surface area contributed by atoms with E-state index in [0.717, 1.165) is 55.6 Å². The molecule has 1 fully saturated rings. The monoisotopic (exact) mass is 553 g/mol. The van der Waals surface area contributed by atoms with Gasteiger partial charge in [-0.1, -0.05) is 11.6 Å². The van der Waals surface area contributed by atoms with Crippen molar-refractivity contribution in [1.82, 2.24) is 30.6 Å². The van der Waals surface area contributed by atoms with E-state index in [2.05, 4.69) is 35.9 Å². The van der Waals surface area contributed by atoms with E-state index >= 15 is 0 Å². The third-order valence-corrected chi connectivity index (χ3v) is 7.26. The number of rotatable bonds is 7. The molecule has 0 spiro atoms. The van der Waals surface area contributed by atoms with Crippen LogP contribution in [0.2, 0.25) is 5.02 Å². The van der Waals surface area contributed by atoms with Crippen LogP contribution in [0.1, 0.15) is 62.2 Å². The van der Waals surface area contributed by atoms with Crippen LogP contribution in [-0.4, -0.2) is 44.8 Å². The Kier molecular flexibility index (Phi) is 8.35. The first-order valence-electron chi connectivity index (χ1n) is 11.4. The zero-order valence-electron chi connectivity index (χ0n) is 19.6. The van der Waals surface area contributed by atoms with E-state index in [-0.39, 0.29) is 16.4 Å². The first kappa shape index (κ1) is 26.9. The second-order valence-electron chi connectivity index (χ2n) is 8.55. The Morgan fingerprint density at radius 2 is 1.89 bits per heavy atom. The smallest absolute Gasteiger partial charge is 0.342 e. The first-order chi connectivity index (χ1) is 17.6. The normalized spacial score (nSPS) is 15.3. The summed E-state index contributed by atoms with van der Waals surface area (Å²) in [6.45, 7) is 3.64. The van der Waals surface area contributed by atoms with Gasteiger partial charge in [-0.05, 0) is 57.3 Å². The Bertz CT molecular complexity index is 1280. The molecule has 14 heteroatoms. The van der Waals surface area contributed by atoms with E-state index in [1.807, 2.05) is 0 Å². The molecule has 4 heterocycles. The second-order valence-corrected chi connectivity index (χ2v) is 10.0. The minimum Gasteiger partial charge on any atom is -0.342 e. The number of amides is 2. The van der Waals surface area contributed by atoms with Crippen LogP contribution in [0.25, 0.3) is 0 Å². The SMILES string of the molecule is CC(NC(=O)c1cc(CC2CCNCC2)ncn1)c1ncc(C(=O)Nc2cc(C(F)(F)F)c(Cl)cn2)s1. The first-order valence-corrected chi connectivity index (χ1v) is 12.6. The van der Waals surface area contributed by atoms with Crippen LogP contribution >= 0.6 is 22.9 Å². The van der Waals surface area contributed by atoms with Gasteiger partial charge in [-0.2, -0.15) is 13.2 Å². The predicted molar refractivity (Wildman–Crippen MR) is 132 cm³/mol. The van der Waals surface area contributed by atoms with Gasteiger partial charge in [0.25, 0.3) is 11.8 Å². The lowest BCUT2D eigenvalue weighted by Gasteiger charge is -2.22. The zero-order valence-corrected chi connectivity index (χ0v) is 21.2. The zero-order chi connectivity index (χ0) is 26.6. The van der Waals surface area contributed by atoms with Crippen molar-refractivity contribution in [2.45, 2.75) is 38.4 Å². The van der Waals surface area contributed by atoms with Crippen LogP contribution in [0.15, 0.2) is 30.9 Å². The van der Waals surface area contributed by atoms with Crippen molar-refractivity contribution in [2.24, 2.45) is 5.92 Å². The van der Waals surface area contributed by atoms with E-state index in [1.165, 1.54) is 12.5 Å². The molecule has 3 aromatic heterocycles. The van der Waals surface area contributed by atoms with Gasteiger partial charge in [0.2, 0.25) is 0 Å². The molecule has 1 aliphatic heterocycles. The maximum atomic E-state index is 13.1. The highest BCUT2D eigenvalue weighted by Gasteiger charge is 2.34. The molecular weight excluding hydrogens is 531 g/mol. The molecule has 1 saturated heterocycles. The molecule has 0 radical (unpaired) electrons. The molecule has 37 heavy (non-hydrogen) atoms. The van der Waals surface area contributed by atoms with Crippen LogP contribution in [0.5, 0.6) is 0 Å². The number of halogens is 4. The average molecular weight is 554 g/mol. The molecule has 9 nitrogen and oxygen atoms in total. The van der Waals surface area contributed by atoms with Crippen LogP contribution < -0.4 is 16.0 Å². The predicted octanol–water partition coefficient (Wildman–Crippen LogP) is 4.29. The summed E-state index contributed by atoms with van der Waals surface area (Å²) in [5, 5.41) is 8.29. The van der Waals surface area contributed by atoms with Gasteiger partial charge in [0.05, 0.1) is 22.8 Å². The Balaban J connectivity index is 1.37. The summed E-state index contributed by atoms with van der Waals surface area (Å²) in [6, 6.07) is 1.79. The van der Waals surface area contributed by atoms with Crippen LogP contribution in [0.4, 0.5) is 19.0 Å². The van der Waals surface area contributed by atoms with Gasteiger partial charge in [-0.25, -0.2) is 19.9 Å². The summed E-state index contributed by atoms with van der Waals surface area (Å²) in [4.78, 5) is 41.7. The minimum atomic E-state index is -4.69. The Morgan fingerprint density at radius 3 is 2.62 bits per heavy atom. The number of pyridine rings is 1. The Morgan fingerprint density at radius 1 is 1.14 bits per heavy atom. The number of hydrogen-bond acceptors (Lipinski definition) is 8. The minimum absolute atomic E-state index is 0.132. The lowest BCUT2D eigenvalue weighted by atomic mass is 9.93. The molecule has 196 valence electrons. The van der Waals surface area contributed by atoms with E-state index in [1.54, 1.807) is 13.0 Å².